The lowest BCUT2D eigenvalue weighted by Gasteiger charge is -2.20. The summed E-state index contributed by atoms with van der Waals surface area (Å²) >= 11 is 0. The number of alkyl carbamates (subject to hydrolysis) is 1. The Kier molecular flexibility index (Phi) is 5.90. The average Bonchev–Trinajstić information content (AvgIpc) is 3.35. The van der Waals surface area contributed by atoms with E-state index in [1.165, 1.54) is 6.92 Å². The zero-order chi connectivity index (χ0) is 22.0. The number of rotatable bonds is 6. The second-order valence-corrected chi connectivity index (χ2v) is 7.72. The van der Waals surface area contributed by atoms with Crippen molar-refractivity contribution in [2.75, 3.05) is 13.2 Å². The molecule has 4 rings (SSSR count). The topological polar surface area (TPSA) is 114 Å². The van der Waals surface area contributed by atoms with E-state index in [0.717, 1.165) is 22.3 Å². The minimum atomic E-state index is -1.13. The van der Waals surface area contributed by atoms with E-state index in [-0.39, 0.29) is 19.1 Å². The van der Waals surface area contributed by atoms with Crippen molar-refractivity contribution in [1.82, 2.24) is 10.6 Å². The molecule has 1 fully saturated rings. The second-order valence-electron chi connectivity index (χ2n) is 7.72. The molecule has 0 saturated carbocycles. The first-order valence-electron chi connectivity index (χ1n) is 10.2. The Morgan fingerprint density at radius 3 is 2.32 bits per heavy atom. The van der Waals surface area contributed by atoms with Gasteiger partial charge in [-0.1, -0.05) is 48.5 Å². The number of benzene rings is 2. The standard InChI is InChI=1S/C23H24N2O6/c1-13(21(26)25-19-10-11-30-20(19)22(27)28)24-23(29)31-12-18-16-8-4-2-6-14(16)15-7-3-5-9-17(15)18/h2-9,13,18-20H,10-12H2,1H3,(H,24,29)(H,25,26)(H,27,28)/t13?,19-,20+/m1/s1. The van der Waals surface area contributed by atoms with Gasteiger partial charge in [0.25, 0.3) is 0 Å². The normalized spacial score (nSPS) is 20.4. The number of carbonyl (C=O) groups excluding carboxylic acids is 2. The van der Waals surface area contributed by atoms with Crippen LogP contribution in [0.15, 0.2) is 48.5 Å². The molecule has 1 aliphatic heterocycles. The van der Waals surface area contributed by atoms with Crippen LogP contribution in [0.3, 0.4) is 0 Å². The summed E-state index contributed by atoms with van der Waals surface area (Å²) in [6.45, 7) is 1.92. The van der Waals surface area contributed by atoms with E-state index < -0.39 is 36.2 Å². The molecule has 31 heavy (non-hydrogen) atoms. The maximum Gasteiger partial charge on any atom is 0.407 e. The fourth-order valence-electron chi connectivity index (χ4n) is 4.17. The first kappa shape index (κ1) is 20.9. The molecule has 8 heteroatoms. The van der Waals surface area contributed by atoms with Crippen molar-refractivity contribution in [3.63, 3.8) is 0 Å². The Morgan fingerprint density at radius 2 is 1.71 bits per heavy atom. The van der Waals surface area contributed by atoms with Crippen molar-refractivity contribution in [3.8, 4) is 11.1 Å². The number of hydrogen-bond donors (Lipinski definition) is 3. The van der Waals surface area contributed by atoms with Crippen LogP contribution in [0, 0.1) is 0 Å². The summed E-state index contributed by atoms with van der Waals surface area (Å²) in [6.07, 6.45) is -1.38. The zero-order valence-electron chi connectivity index (χ0n) is 17.0. The molecule has 2 aromatic carbocycles. The van der Waals surface area contributed by atoms with Gasteiger partial charge < -0.3 is 25.2 Å². The van der Waals surface area contributed by atoms with Gasteiger partial charge in [-0.2, -0.15) is 0 Å². The number of carbonyl (C=O) groups is 3. The van der Waals surface area contributed by atoms with E-state index in [0.29, 0.717) is 6.42 Å². The molecule has 2 amide bonds. The van der Waals surface area contributed by atoms with Crippen LogP contribution in [0.5, 0.6) is 0 Å². The number of nitrogens with one attached hydrogen (secondary N) is 2. The average molecular weight is 424 g/mol. The molecular formula is C23H24N2O6. The molecule has 3 atom stereocenters. The van der Waals surface area contributed by atoms with Crippen molar-refractivity contribution in [2.24, 2.45) is 0 Å². The van der Waals surface area contributed by atoms with E-state index in [4.69, 9.17) is 14.6 Å². The summed E-state index contributed by atoms with van der Waals surface area (Å²) in [5.74, 6) is -1.69. The van der Waals surface area contributed by atoms with Gasteiger partial charge in [-0.3, -0.25) is 4.79 Å². The van der Waals surface area contributed by atoms with E-state index in [9.17, 15) is 14.4 Å². The molecule has 1 saturated heterocycles. The van der Waals surface area contributed by atoms with Crippen molar-refractivity contribution < 1.29 is 29.0 Å². The van der Waals surface area contributed by atoms with E-state index in [1.54, 1.807) is 0 Å². The Balaban J connectivity index is 1.33. The number of ether oxygens (including phenoxy) is 2. The van der Waals surface area contributed by atoms with Crippen LogP contribution in [-0.4, -0.2) is 54.5 Å². The zero-order valence-corrected chi connectivity index (χ0v) is 17.0. The van der Waals surface area contributed by atoms with Gasteiger partial charge >= 0.3 is 12.1 Å². The summed E-state index contributed by atoms with van der Waals surface area (Å²) in [4.78, 5) is 35.8. The van der Waals surface area contributed by atoms with Crippen LogP contribution in [0.4, 0.5) is 4.79 Å². The molecule has 0 radical (unpaired) electrons. The summed E-state index contributed by atoms with van der Waals surface area (Å²) in [5.41, 5.74) is 4.46. The summed E-state index contributed by atoms with van der Waals surface area (Å²) < 4.78 is 10.6. The predicted molar refractivity (Wildman–Crippen MR) is 112 cm³/mol. The summed E-state index contributed by atoms with van der Waals surface area (Å²) in [5, 5.41) is 14.3. The van der Waals surface area contributed by atoms with E-state index >= 15 is 0 Å². The third-order valence-electron chi connectivity index (χ3n) is 5.73. The molecule has 0 bridgehead atoms. The van der Waals surface area contributed by atoms with Crippen LogP contribution in [0.1, 0.15) is 30.4 Å². The molecule has 2 aliphatic rings. The Morgan fingerprint density at radius 1 is 1.10 bits per heavy atom. The first-order valence-corrected chi connectivity index (χ1v) is 10.2. The molecule has 1 unspecified atom stereocenters. The van der Waals surface area contributed by atoms with Crippen LogP contribution >= 0.6 is 0 Å². The minimum Gasteiger partial charge on any atom is -0.479 e. The molecule has 0 spiro atoms. The van der Waals surface area contributed by atoms with Gasteiger partial charge in [0.05, 0.1) is 6.04 Å². The maximum absolute atomic E-state index is 12.4. The Labute approximate surface area is 179 Å². The van der Waals surface area contributed by atoms with Crippen molar-refractivity contribution >= 4 is 18.0 Å². The molecule has 3 N–H and O–H groups in total. The lowest BCUT2D eigenvalue weighted by molar-refractivity contribution is -0.148. The molecule has 162 valence electrons. The van der Waals surface area contributed by atoms with Crippen molar-refractivity contribution in [1.29, 1.82) is 0 Å². The van der Waals surface area contributed by atoms with Gasteiger partial charge in [-0.15, -0.1) is 0 Å². The summed E-state index contributed by atoms with van der Waals surface area (Å²) in [7, 11) is 0. The minimum absolute atomic E-state index is 0.0748. The quantitative estimate of drug-likeness (QED) is 0.656. The predicted octanol–water partition coefficient (Wildman–Crippen LogP) is 2.27. The van der Waals surface area contributed by atoms with Crippen molar-refractivity contribution in [2.45, 2.75) is 37.5 Å². The van der Waals surface area contributed by atoms with Gasteiger partial charge in [0.2, 0.25) is 5.91 Å². The molecule has 0 aromatic heterocycles. The van der Waals surface area contributed by atoms with Gasteiger partial charge in [-0.25, -0.2) is 9.59 Å². The third-order valence-corrected chi connectivity index (χ3v) is 5.73. The van der Waals surface area contributed by atoms with Gasteiger partial charge in [-0.05, 0) is 35.6 Å². The molecule has 8 nitrogen and oxygen atoms in total. The number of fused-ring (bicyclic) bond motifs is 3. The molecule has 1 aliphatic carbocycles. The largest absolute Gasteiger partial charge is 0.479 e. The van der Waals surface area contributed by atoms with Crippen LogP contribution in [0.25, 0.3) is 11.1 Å². The third kappa shape index (κ3) is 4.25. The van der Waals surface area contributed by atoms with Gasteiger partial charge in [0.1, 0.15) is 12.6 Å². The lowest BCUT2D eigenvalue weighted by atomic mass is 9.98. The summed E-state index contributed by atoms with van der Waals surface area (Å²) in [6, 6.07) is 14.5. The molecule has 1 heterocycles. The number of amides is 2. The molecule has 2 aromatic rings. The number of hydrogen-bond acceptors (Lipinski definition) is 5. The maximum atomic E-state index is 12.4. The highest BCUT2D eigenvalue weighted by molar-refractivity contribution is 5.86. The number of aliphatic carboxylic acids is 1. The van der Waals surface area contributed by atoms with Gasteiger partial charge in [0, 0.05) is 12.5 Å². The SMILES string of the molecule is CC(NC(=O)OCC1c2ccccc2-c2ccccc21)C(=O)N[C@@H]1CCO[C@@H]1C(=O)O. The van der Waals surface area contributed by atoms with E-state index in [1.807, 2.05) is 36.4 Å². The fourth-order valence-corrected chi connectivity index (χ4v) is 4.17. The highest BCUT2D eigenvalue weighted by Crippen LogP contribution is 2.44. The van der Waals surface area contributed by atoms with Crippen LogP contribution in [0.2, 0.25) is 0 Å². The fraction of sp³-hybridized carbons (Fsp3) is 0.348. The monoisotopic (exact) mass is 424 g/mol. The second kappa shape index (κ2) is 8.77. The van der Waals surface area contributed by atoms with Crippen LogP contribution < -0.4 is 10.6 Å². The number of carboxylic acids is 1. The van der Waals surface area contributed by atoms with Crippen molar-refractivity contribution in [3.05, 3.63) is 59.7 Å². The Bertz CT molecular complexity index is 962. The molecular weight excluding hydrogens is 400 g/mol. The smallest absolute Gasteiger partial charge is 0.407 e. The lowest BCUT2D eigenvalue weighted by Crippen LogP contribution is -2.51. The highest BCUT2D eigenvalue weighted by atomic mass is 16.5. The van der Waals surface area contributed by atoms with Crippen LogP contribution in [-0.2, 0) is 19.1 Å². The first-order chi connectivity index (χ1) is 15.0. The van der Waals surface area contributed by atoms with E-state index in [2.05, 4.69) is 22.8 Å². The highest BCUT2D eigenvalue weighted by Gasteiger charge is 2.36. The number of carboxylic acid groups (broad SMARTS) is 1. The van der Waals surface area contributed by atoms with Gasteiger partial charge in [0.15, 0.2) is 6.10 Å². The Hall–Kier alpha value is -3.39.